The molecule has 0 aliphatic heterocycles. The fourth-order valence-corrected chi connectivity index (χ4v) is 2.91. The van der Waals surface area contributed by atoms with E-state index in [0.717, 1.165) is 12.8 Å². The van der Waals surface area contributed by atoms with Crippen molar-refractivity contribution in [1.29, 1.82) is 0 Å². The smallest absolute Gasteiger partial charge is 0.338 e. The summed E-state index contributed by atoms with van der Waals surface area (Å²) in [5, 5.41) is 0. The molecule has 0 radical (unpaired) electrons. The molecule has 0 saturated carbocycles. The molecular weight excluding hydrogens is 328 g/mol. The van der Waals surface area contributed by atoms with Crippen molar-refractivity contribution < 1.29 is 19.1 Å². The van der Waals surface area contributed by atoms with Gasteiger partial charge in [-0.3, -0.25) is 0 Å². The summed E-state index contributed by atoms with van der Waals surface area (Å²) in [4.78, 5) is 24.4. The summed E-state index contributed by atoms with van der Waals surface area (Å²) in [6, 6.07) is 17.8. The maximum Gasteiger partial charge on any atom is 0.338 e. The first kappa shape index (κ1) is 19.7. The number of carbonyl (C=O) groups is 2. The molecule has 138 valence electrons. The Morgan fingerprint density at radius 2 is 1.31 bits per heavy atom. The summed E-state index contributed by atoms with van der Waals surface area (Å²) in [5.41, 5.74) is 1.05. The van der Waals surface area contributed by atoms with Gasteiger partial charge in [-0.1, -0.05) is 50.2 Å². The highest BCUT2D eigenvalue weighted by Gasteiger charge is 2.24. The molecule has 0 fully saturated rings. The normalized spacial score (nSPS) is 11.8. The minimum atomic E-state index is -0.358. The first-order valence-electron chi connectivity index (χ1n) is 9.13. The van der Waals surface area contributed by atoms with Crippen molar-refractivity contribution >= 4 is 11.9 Å². The molecule has 0 saturated heterocycles. The Hall–Kier alpha value is -2.62. The van der Waals surface area contributed by atoms with E-state index < -0.39 is 0 Å². The molecule has 2 aromatic carbocycles. The van der Waals surface area contributed by atoms with Crippen LogP contribution in [0, 0.1) is 5.92 Å². The van der Waals surface area contributed by atoms with Crippen LogP contribution in [0.4, 0.5) is 0 Å². The monoisotopic (exact) mass is 354 g/mol. The van der Waals surface area contributed by atoms with Crippen molar-refractivity contribution in [1.82, 2.24) is 0 Å². The molecule has 1 atom stereocenters. The van der Waals surface area contributed by atoms with E-state index in [-0.39, 0.29) is 30.6 Å². The molecule has 26 heavy (non-hydrogen) atoms. The molecule has 2 aromatic rings. The van der Waals surface area contributed by atoms with Gasteiger partial charge < -0.3 is 9.47 Å². The van der Waals surface area contributed by atoms with Gasteiger partial charge >= 0.3 is 11.9 Å². The van der Waals surface area contributed by atoms with E-state index in [9.17, 15) is 9.59 Å². The summed E-state index contributed by atoms with van der Waals surface area (Å²) in [7, 11) is 0. The van der Waals surface area contributed by atoms with Gasteiger partial charge in [-0.15, -0.1) is 0 Å². The molecule has 4 heteroatoms. The lowest BCUT2D eigenvalue weighted by Crippen LogP contribution is -2.28. The van der Waals surface area contributed by atoms with Crippen LogP contribution in [0.3, 0.4) is 0 Å². The van der Waals surface area contributed by atoms with Crippen molar-refractivity contribution in [2.24, 2.45) is 5.92 Å². The number of benzene rings is 2. The molecule has 0 N–H and O–H groups in total. The lowest BCUT2D eigenvalue weighted by molar-refractivity contribution is 0.000258. The number of hydrogen-bond acceptors (Lipinski definition) is 4. The van der Waals surface area contributed by atoms with Gasteiger partial charge in [0.15, 0.2) is 0 Å². The lowest BCUT2D eigenvalue weighted by Gasteiger charge is -2.25. The maximum atomic E-state index is 12.4. The first-order valence-corrected chi connectivity index (χ1v) is 9.13. The van der Waals surface area contributed by atoms with Gasteiger partial charge in [0.05, 0.1) is 17.7 Å². The molecule has 2 rings (SSSR count). The number of ether oxygens (including phenoxy) is 2. The Kier molecular flexibility index (Phi) is 7.87. The highest BCUT2D eigenvalue weighted by atomic mass is 16.6. The van der Waals surface area contributed by atoms with E-state index in [1.165, 1.54) is 0 Å². The van der Waals surface area contributed by atoms with E-state index in [1.807, 2.05) is 24.3 Å². The molecule has 0 aliphatic rings. The summed E-state index contributed by atoms with van der Waals surface area (Å²) in [6.45, 7) is 4.37. The second-order valence-corrected chi connectivity index (χ2v) is 6.18. The summed E-state index contributed by atoms with van der Waals surface area (Å²) >= 11 is 0. The van der Waals surface area contributed by atoms with E-state index in [1.54, 1.807) is 36.4 Å². The average molecular weight is 354 g/mol. The lowest BCUT2D eigenvalue weighted by atomic mass is 9.94. The zero-order valence-electron chi connectivity index (χ0n) is 15.4. The minimum Gasteiger partial charge on any atom is -0.462 e. The van der Waals surface area contributed by atoms with E-state index >= 15 is 0 Å². The standard InChI is InChI=1S/C22H26O4/c1-3-17(4-2)20(26-22(24)19-13-9-6-10-14-19)15-16-25-21(23)18-11-7-5-8-12-18/h5-14,17,20H,3-4,15-16H2,1-2H3. The van der Waals surface area contributed by atoms with Crippen LogP contribution in [0.1, 0.15) is 53.8 Å². The van der Waals surface area contributed by atoms with E-state index in [2.05, 4.69) is 13.8 Å². The largest absolute Gasteiger partial charge is 0.462 e. The predicted octanol–water partition coefficient (Wildman–Crippen LogP) is 4.90. The Morgan fingerprint density at radius 3 is 1.81 bits per heavy atom. The third-order valence-corrected chi connectivity index (χ3v) is 4.49. The average Bonchev–Trinajstić information content (AvgIpc) is 2.70. The third-order valence-electron chi connectivity index (χ3n) is 4.49. The van der Waals surface area contributed by atoms with Crippen molar-refractivity contribution in [3.8, 4) is 0 Å². The SMILES string of the molecule is CCC(CC)C(CCOC(=O)c1ccccc1)OC(=O)c1ccccc1. The predicted molar refractivity (Wildman–Crippen MR) is 101 cm³/mol. The van der Waals surface area contributed by atoms with Crippen LogP contribution < -0.4 is 0 Å². The number of esters is 2. The second-order valence-electron chi connectivity index (χ2n) is 6.18. The molecule has 4 nitrogen and oxygen atoms in total. The molecule has 0 bridgehead atoms. The van der Waals surface area contributed by atoms with E-state index in [4.69, 9.17) is 9.47 Å². The highest BCUT2D eigenvalue weighted by Crippen LogP contribution is 2.21. The molecule has 0 aromatic heterocycles. The van der Waals surface area contributed by atoms with Crippen molar-refractivity contribution in [2.75, 3.05) is 6.61 Å². The first-order chi connectivity index (χ1) is 12.7. The molecule has 0 heterocycles. The maximum absolute atomic E-state index is 12.4. The van der Waals surface area contributed by atoms with Crippen LogP contribution in [0.15, 0.2) is 60.7 Å². The second kappa shape index (κ2) is 10.4. The van der Waals surface area contributed by atoms with Crippen LogP contribution in [-0.4, -0.2) is 24.6 Å². The number of hydrogen-bond donors (Lipinski definition) is 0. The Labute approximate surface area is 155 Å². The molecular formula is C22H26O4. The zero-order valence-corrected chi connectivity index (χ0v) is 15.4. The summed E-state index contributed by atoms with van der Waals surface area (Å²) in [5.74, 6) is -0.460. The van der Waals surface area contributed by atoms with Gasteiger partial charge in [-0.2, -0.15) is 0 Å². The Balaban J connectivity index is 1.94. The fourth-order valence-electron chi connectivity index (χ4n) is 2.91. The number of rotatable bonds is 9. The van der Waals surface area contributed by atoms with Crippen LogP contribution in [-0.2, 0) is 9.47 Å². The Morgan fingerprint density at radius 1 is 0.808 bits per heavy atom. The van der Waals surface area contributed by atoms with Crippen LogP contribution >= 0.6 is 0 Å². The third kappa shape index (κ3) is 5.73. The number of carbonyl (C=O) groups excluding carboxylic acids is 2. The van der Waals surface area contributed by atoms with Crippen molar-refractivity contribution in [3.05, 3.63) is 71.8 Å². The molecule has 1 unspecified atom stereocenters. The van der Waals surface area contributed by atoms with Crippen molar-refractivity contribution in [3.63, 3.8) is 0 Å². The van der Waals surface area contributed by atoms with Gasteiger partial charge in [0, 0.05) is 6.42 Å². The minimum absolute atomic E-state index is 0.219. The van der Waals surface area contributed by atoms with Gasteiger partial charge in [-0.25, -0.2) is 9.59 Å². The van der Waals surface area contributed by atoms with Gasteiger partial charge in [0.2, 0.25) is 0 Å². The summed E-state index contributed by atoms with van der Waals surface area (Å²) < 4.78 is 11.1. The zero-order chi connectivity index (χ0) is 18.8. The van der Waals surface area contributed by atoms with Crippen LogP contribution in [0.2, 0.25) is 0 Å². The van der Waals surface area contributed by atoms with Gasteiger partial charge in [0.1, 0.15) is 6.10 Å². The summed E-state index contributed by atoms with van der Waals surface area (Å²) in [6.07, 6.45) is 2.01. The highest BCUT2D eigenvalue weighted by molar-refractivity contribution is 5.89. The molecule has 0 aliphatic carbocycles. The van der Waals surface area contributed by atoms with Gasteiger partial charge in [-0.05, 0) is 43.0 Å². The van der Waals surface area contributed by atoms with Gasteiger partial charge in [0.25, 0.3) is 0 Å². The molecule has 0 amide bonds. The van der Waals surface area contributed by atoms with E-state index in [0.29, 0.717) is 17.5 Å². The van der Waals surface area contributed by atoms with Crippen molar-refractivity contribution in [2.45, 2.75) is 39.2 Å². The fraction of sp³-hybridized carbons (Fsp3) is 0.364. The Bertz CT molecular complexity index is 678. The van der Waals surface area contributed by atoms with Crippen LogP contribution in [0.25, 0.3) is 0 Å². The van der Waals surface area contributed by atoms with Crippen LogP contribution in [0.5, 0.6) is 0 Å². The topological polar surface area (TPSA) is 52.6 Å². The molecule has 0 spiro atoms. The quantitative estimate of drug-likeness (QED) is 0.601.